The number of rotatable bonds is 5. The van der Waals surface area contributed by atoms with Crippen LogP contribution in [0.15, 0.2) is 4.99 Å². The molecule has 0 aliphatic carbocycles. The SMILES string of the molecule is Cl.Cl.N[C@@H](CCCNC1=NCCS1)C(=O)O. The fraction of sp³-hybridized carbons (Fsp3) is 0.750. The summed E-state index contributed by atoms with van der Waals surface area (Å²) < 4.78 is 0. The van der Waals surface area contributed by atoms with Crippen LogP contribution < -0.4 is 11.1 Å². The minimum atomic E-state index is -0.933. The maximum atomic E-state index is 10.4. The summed E-state index contributed by atoms with van der Waals surface area (Å²) in [4.78, 5) is 14.6. The molecule has 0 saturated carbocycles. The number of hydrogen-bond donors (Lipinski definition) is 3. The zero-order valence-electron chi connectivity index (χ0n) is 8.72. The van der Waals surface area contributed by atoms with Gasteiger partial charge in [0.05, 0.1) is 6.54 Å². The van der Waals surface area contributed by atoms with E-state index >= 15 is 0 Å². The number of nitrogens with two attached hydrogens (primary N) is 1. The van der Waals surface area contributed by atoms with E-state index in [-0.39, 0.29) is 24.8 Å². The fourth-order valence-corrected chi connectivity index (χ4v) is 1.85. The number of halogens is 2. The van der Waals surface area contributed by atoms with Crippen LogP contribution >= 0.6 is 36.6 Å². The first-order valence-corrected chi connectivity index (χ1v) is 5.58. The van der Waals surface area contributed by atoms with Gasteiger partial charge in [-0.15, -0.1) is 24.8 Å². The first kappa shape index (κ1) is 18.2. The molecule has 1 heterocycles. The molecule has 0 radical (unpaired) electrons. The second-order valence-corrected chi connectivity index (χ2v) is 4.13. The second-order valence-electron chi connectivity index (χ2n) is 3.05. The molecule has 0 amide bonds. The second kappa shape index (κ2) is 10.0. The van der Waals surface area contributed by atoms with Gasteiger partial charge in [-0.05, 0) is 12.8 Å². The summed E-state index contributed by atoms with van der Waals surface area (Å²) in [5.74, 6) is 0.106. The number of thioether (sulfide) groups is 1. The quantitative estimate of drug-likeness (QED) is 0.649. The lowest BCUT2D eigenvalue weighted by molar-refractivity contribution is -0.138. The van der Waals surface area contributed by atoms with Gasteiger partial charge in [0.25, 0.3) is 0 Å². The van der Waals surface area contributed by atoms with Crippen molar-refractivity contribution >= 4 is 47.7 Å². The van der Waals surface area contributed by atoms with Gasteiger partial charge in [0.15, 0.2) is 5.17 Å². The third kappa shape index (κ3) is 7.16. The van der Waals surface area contributed by atoms with Crippen LogP contribution in [0.4, 0.5) is 0 Å². The maximum absolute atomic E-state index is 10.4. The number of aliphatic imine (C=N–C) groups is 1. The zero-order valence-corrected chi connectivity index (χ0v) is 11.2. The first-order valence-electron chi connectivity index (χ1n) is 4.59. The molecular weight excluding hydrogens is 273 g/mol. The van der Waals surface area contributed by atoms with Gasteiger partial charge >= 0.3 is 5.97 Å². The topological polar surface area (TPSA) is 87.7 Å². The summed E-state index contributed by atoms with van der Waals surface area (Å²) in [5.41, 5.74) is 5.35. The molecule has 0 saturated heterocycles. The molecule has 0 aromatic carbocycles. The van der Waals surface area contributed by atoms with Crippen LogP contribution in [0.1, 0.15) is 12.8 Å². The number of hydrogen-bond acceptors (Lipinski definition) is 5. The lowest BCUT2D eigenvalue weighted by Crippen LogP contribution is -2.31. The molecule has 5 nitrogen and oxygen atoms in total. The molecule has 4 N–H and O–H groups in total. The molecule has 0 unspecified atom stereocenters. The van der Waals surface area contributed by atoms with Crippen molar-refractivity contribution in [1.29, 1.82) is 0 Å². The molecule has 0 spiro atoms. The number of nitrogens with one attached hydrogen (secondary N) is 1. The van der Waals surface area contributed by atoms with Crippen LogP contribution in [0.2, 0.25) is 0 Å². The van der Waals surface area contributed by atoms with Gasteiger partial charge in [-0.3, -0.25) is 9.79 Å². The summed E-state index contributed by atoms with van der Waals surface area (Å²) in [5, 5.41) is 12.6. The van der Waals surface area contributed by atoms with Crippen LogP contribution in [0.3, 0.4) is 0 Å². The van der Waals surface area contributed by atoms with Crippen molar-refractivity contribution < 1.29 is 9.90 Å². The van der Waals surface area contributed by atoms with E-state index in [1.54, 1.807) is 11.8 Å². The summed E-state index contributed by atoms with van der Waals surface area (Å²) in [6.45, 7) is 1.62. The highest BCUT2D eigenvalue weighted by atomic mass is 35.5. The third-order valence-electron chi connectivity index (χ3n) is 1.87. The van der Waals surface area contributed by atoms with E-state index in [9.17, 15) is 4.79 Å². The minimum absolute atomic E-state index is 0. The lowest BCUT2D eigenvalue weighted by atomic mass is 10.2. The Morgan fingerprint density at radius 2 is 2.31 bits per heavy atom. The van der Waals surface area contributed by atoms with Gasteiger partial charge in [-0.25, -0.2) is 0 Å². The third-order valence-corrected chi connectivity index (χ3v) is 2.80. The number of aliphatic carboxylic acids is 1. The highest BCUT2D eigenvalue weighted by molar-refractivity contribution is 8.14. The van der Waals surface area contributed by atoms with Gasteiger partial charge in [-0.2, -0.15) is 0 Å². The zero-order chi connectivity index (χ0) is 10.4. The van der Waals surface area contributed by atoms with E-state index in [2.05, 4.69) is 10.3 Å². The lowest BCUT2D eigenvalue weighted by Gasteiger charge is -2.07. The standard InChI is InChI=1S/C8H15N3O2S.2ClH/c9-6(7(12)13)2-1-3-10-8-11-4-5-14-8;;/h6H,1-5,9H2,(H,10,11)(H,12,13);2*1H/t6-;;/m0../s1. The molecule has 1 aliphatic heterocycles. The average molecular weight is 290 g/mol. The molecule has 0 bridgehead atoms. The highest BCUT2D eigenvalue weighted by Crippen LogP contribution is 2.08. The van der Waals surface area contributed by atoms with Crippen LogP contribution in [0, 0.1) is 0 Å². The molecule has 0 aromatic heterocycles. The number of carboxylic acids is 1. The van der Waals surface area contributed by atoms with Crippen LogP contribution in [-0.4, -0.2) is 41.1 Å². The molecule has 0 aromatic rings. The van der Waals surface area contributed by atoms with Gasteiger partial charge in [0.1, 0.15) is 6.04 Å². The van der Waals surface area contributed by atoms with E-state index in [0.29, 0.717) is 6.42 Å². The summed E-state index contributed by atoms with van der Waals surface area (Å²) in [7, 11) is 0. The Bertz CT molecular complexity index is 241. The van der Waals surface area contributed by atoms with E-state index in [1.165, 1.54) is 0 Å². The average Bonchev–Trinajstić information content (AvgIpc) is 2.64. The molecular formula is C8H17Cl2N3O2S. The first-order chi connectivity index (χ1) is 6.70. The van der Waals surface area contributed by atoms with Crippen LogP contribution in [0.25, 0.3) is 0 Å². The van der Waals surface area contributed by atoms with Crippen molar-refractivity contribution in [2.24, 2.45) is 10.7 Å². The Morgan fingerprint density at radius 1 is 1.62 bits per heavy atom. The monoisotopic (exact) mass is 289 g/mol. The van der Waals surface area contributed by atoms with Crippen molar-refractivity contribution in [3.63, 3.8) is 0 Å². The summed E-state index contributed by atoms with van der Waals surface area (Å²) in [6.07, 6.45) is 1.26. The minimum Gasteiger partial charge on any atom is -0.480 e. The Balaban J connectivity index is 0. The van der Waals surface area contributed by atoms with Gasteiger partial charge < -0.3 is 16.2 Å². The van der Waals surface area contributed by atoms with Crippen molar-refractivity contribution in [2.45, 2.75) is 18.9 Å². The highest BCUT2D eigenvalue weighted by Gasteiger charge is 2.10. The largest absolute Gasteiger partial charge is 0.480 e. The van der Waals surface area contributed by atoms with Crippen molar-refractivity contribution in [2.75, 3.05) is 18.8 Å². The number of amidine groups is 1. The smallest absolute Gasteiger partial charge is 0.320 e. The Morgan fingerprint density at radius 3 is 2.81 bits per heavy atom. The van der Waals surface area contributed by atoms with Gasteiger partial charge in [0.2, 0.25) is 0 Å². The molecule has 0 fully saturated rings. The molecule has 8 heteroatoms. The number of nitrogens with zero attached hydrogens (tertiary/aromatic N) is 1. The molecule has 1 rings (SSSR count). The molecule has 96 valence electrons. The molecule has 16 heavy (non-hydrogen) atoms. The Hall–Kier alpha value is -0.170. The van der Waals surface area contributed by atoms with Crippen molar-refractivity contribution in [3.05, 3.63) is 0 Å². The predicted octanol–water partition coefficient (Wildman–Crippen LogP) is 0.714. The van der Waals surface area contributed by atoms with Gasteiger partial charge in [-0.1, -0.05) is 11.8 Å². The van der Waals surface area contributed by atoms with Crippen molar-refractivity contribution in [3.8, 4) is 0 Å². The van der Waals surface area contributed by atoms with E-state index in [0.717, 1.165) is 30.4 Å². The van der Waals surface area contributed by atoms with Gasteiger partial charge in [0, 0.05) is 12.3 Å². The summed E-state index contributed by atoms with van der Waals surface area (Å²) >= 11 is 1.70. The summed E-state index contributed by atoms with van der Waals surface area (Å²) in [6, 6.07) is -0.741. The maximum Gasteiger partial charge on any atom is 0.320 e. The fourth-order valence-electron chi connectivity index (χ4n) is 1.08. The Labute approximate surface area is 111 Å². The van der Waals surface area contributed by atoms with E-state index in [1.807, 2.05) is 0 Å². The predicted molar refractivity (Wildman–Crippen MR) is 72.1 cm³/mol. The van der Waals surface area contributed by atoms with E-state index < -0.39 is 12.0 Å². The Kier molecular flexibility index (Phi) is 11.4. The molecule has 1 atom stereocenters. The number of carbonyl (C=O) groups is 1. The van der Waals surface area contributed by atoms with Crippen LogP contribution in [-0.2, 0) is 4.79 Å². The normalized spacial score (nSPS) is 15.4. The molecule has 1 aliphatic rings. The van der Waals surface area contributed by atoms with Crippen LogP contribution in [0.5, 0.6) is 0 Å². The van der Waals surface area contributed by atoms with Crippen molar-refractivity contribution in [1.82, 2.24) is 5.32 Å². The number of carboxylic acid groups (broad SMARTS) is 1. The van der Waals surface area contributed by atoms with E-state index in [4.69, 9.17) is 10.8 Å².